The topological polar surface area (TPSA) is 98.7 Å². The normalized spacial score (nSPS) is 22.2. The van der Waals surface area contributed by atoms with Crippen LogP contribution in [-0.4, -0.2) is 29.8 Å². The molecule has 0 amide bonds. The van der Waals surface area contributed by atoms with Gasteiger partial charge in [0, 0.05) is 0 Å². The smallest absolute Gasteiger partial charge is 0.277 e. The van der Waals surface area contributed by atoms with Crippen LogP contribution in [0, 0.1) is 0 Å². The van der Waals surface area contributed by atoms with Gasteiger partial charge < -0.3 is 9.79 Å². The molecule has 6 nitrogen and oxygen atoms in total. The van der Waals surface area contributed by atoms with Crippen molar-refractivity contribution in [3.8, 4) is 0 Å². The van der Waals surface area contributed by atoms with Gasteiger partial charge in [0.1, 0.15) is 5.90 Å². The van der Waals surface area contributed by atoms with Crippen LogP contribution < -0.4 is 10.2 Å². The van der Waals surface area contributed by atoms with Crippen LogP contribution in [0.25, 0.3) is 0 Å². The van der Waals surface area contributed by atoms with Gasteiger partial charge in [-0.25, -0.2) is 10.2 Å². The highest BCUT2D eigenvalue weighted by molar-refractivity contribution is 7.73. The largest absolute Gasteiger partial charge is 0.333 e. The summed E-state index contributed by atoms with van der Waals surface area (Å²) in [5, 5.41) is 4.14. The summed E-state index contributed by atoms with van der Waals surface area (Å²) < 4.78 is 21.7. The third-order valence-corrected chi connectivity index (χ3v) is 5.55. The fourth-order valence-electron chi connectivity index (χ4n) is 0.401. The van der Waals surface area contributed by atoms with E-state index in [1.807, 2.05) is 0 Å². The molecule has 2 atom stereocenters. The molecule has 0 aromatic rings. The Kier molecular flexibility index (Phi) is 3.91. The van der Waals surface area contributed by atoms with Crippen molar-refractivity contribution in [2.24, 2.45) is 0 Å². The summed E-state index contributed by atoms with van der Waals surface area (Å²) in [7, 11) is -4.75. The Labute approximate surface area is 65.0 Å². The lowest BCUT2D eigenvalue weighted by atomic mass is 11.6. The Morgan fingerprint density at radius 1 is 1.09 bits per heavy atom. The molecule has 0 aliphatic heterocycles. The Balaban J connectivity index is 4.26. The van der Waals surface area contributed by atoms with Gasteiger partial charge in [-0.1, -0.05) is 0 Å². The first-order valence-electron chi connectivity index (χ1n) is 2.84. The Morgan fingerprint density at radius 2 is 1.36 bits per heavy atom. The number of nitrogens with one attached hydrogen (secondary N) is 2. The minimum Gasteiger partial charge on any atom is -0.333 e. The van der Waals surface area contributed by atoms with E-state index >= 15 is 0 Å². The van der Waals surface area contributed by atoms with E-state index in [1.165, 1.54) is 14.1 Å². The van der Waals surface area contributed by atoms with E-state index in [2.05, 4.69) is 10.2 Å². The molecule has 11 heavy (non-hydrogen) atoms. The summed E-state index contributed by atoms with van der Waals surface area (Å²) in [6.07, 6.45) is 0. The monoisotopic (exact) mass is 202 g/mol. The molecule has 0 aliphatic rings. The predicted molar refractivity (Wildman–Crippen MR) is 42.6 cm³/mol. The van der Waals surface area contributed by atoms with Crippen LogP contribution in [0.3, 0.4) is 0 Å². The molecule has 4 N–H and O–H groups in total. The van der Waals surface area contributed by atoms with Gasteiger partial charge in [0.25, 0.3) is 15.0 Å². The molecule has 0 saturated carbocycles. The third-order valence-electron chi connectivity index (χ3n) is 1.08. The average Bonchev–Trinajstić information content (AvgIpc) is 1.86. The van der Waals surface area contributed by atoms with Gasteiger partial charge in [0.15, 0.2) is 0 Å². The molecule has 68 valence electrons. The minimum absolute atomic E-state index is 0.660. The Hall–Kier alpha value is 0.300. The molecule has 8 heteroatoms. The number of hydrogen-bond acceptors (Lipinski definition) is 2. The zero-order chi connectivity index (χ0) is 9.12. The summed E-state index contributed by atoms with van der Waals surface area (Å²) in [6, 6.07) is 0. The van der Waals surface area contributed by atoms with E-state index in [1.54, 1.807) is 0 Å². The molecule has 0 aromatic heterocycles. The van der Waals surface area contributed by atoms with Crippen molar-refractivity contribution in [2.75, 3.05) is 20.0 Å². The lowest BCUT2D eigenvalue weighted by molar-refractivity contribution is 0.455. The van der Waals surface area contributed by atoms with Gasteiger partial charge in [-0.2, -0.15) is 0 Å². The zero-order valence-electron chi connectivity index (χ0n) is 6.31. The second-order valence-corrected chi connectivity index (χ2v) is 6.82. The standard InChI is InChI=1S/C3H12N2O4P2/c1-4-10(6,7)3-11(8,9)5-2/h3H2,1-2H3,(H2,4,6,7)(H2,5,8,9). The van der Waals surface area contributed by atoms with Gasteiger partial charge in [0.05, 0.1) is 0 Å². The maximum absolute atomic E-state index is 10.8. The second kappa shape index (κ2) is 3.81. The van der Waals surface area contributed by atoms with Crippen molar-refractivity contribution in [2.45, 2.75) is 0 Å². The van der Waals surface area contributed by atoms with E-state index in [4.69, 9.17) is 9.79 Å². The molecule has 0 fully saturated rings. The van der Waals surface area contributed by atoms with Crippen molar-refractivity contribution in [1.29, 1.82) is 0 Å². The highest BCUT2D eigenvalue weighted by Crippen LogP contribution is 2.51. The molecule has 0 aliphatic carbocycles. The van der Waals surface area contributed by atoms with Crippen LogP contribution in [0.4, 0.5) is 0 Å². The first-order valence-corrected chi connectivity index (χ1v) is 6.53. The zero-order valence-corrected chi connectivity index (χ0v) is 8.10. The molecule has 0 rings (SSSR count). The van der Waals surface area contributed by atoms with Crippen LogP contribution in [0.15, 0.2) is 0 Å². The summed E-state index contributed by atoms with van der Waals surface area (Å²) in [5.41, 5.74) is 0. The van der Waals surface area contributed by atoms with E-state index in [0.717, 1.165) is 0 Å². The number of rotatable bonds is 4. The maximum Gasteiger partial charge on any atom is 0.277 e. The van der Waals surface area contributed by atoms with Gasteiger partial charge in [0.2, 0.25) is 0 Å². The molecular formula is C3H12N2O4P2. The predicted octanol–water partition coefficient (Wildman–Crippen LogP) is -0.247. The van der Waals surface area contributed by atoms with Crippen LogP contribution in [0.2, 0.25) is 0 Å². The molecule has 0 heterocycles. The first kappa shape index (κ1) is 11.3. The third kappa shape index (κ3) is 4.69. The van der Waals surface area contributed by atoms with Crippen molar-refractivity contribution in [3.05, 3.63) is 0 Å². The van der Waals surface area contributed by atoms with Crippen LogP contribution in [-0.2, 0) is 9.13 Å². The van der Waals surface area contributed by atoms with Crippen LogP contribution in [0.5, 0.6) is 0 Å². The van der Waals surface area contributed by atoms with Gasteiger partial charge in [-0.15, -0.1) is 0 Å². The first-order chi connectivity index (χ1) is 4.83. The quantitative estimate of drug-likeness (QED) is 0.469. The summed E-state index contributed by atoms with van der Waals surface area (Å²) >= 11 is 0. The lowest BCUT2D eigenvalue weighted by Crippen LogP contribution is -2.11. The van der Waals surface area contributed by atoms with Crippen molar-refractivity contribution in [3.63, 3.8) is 0 Å². The van der Waals surface area contributed by atoms with Gasteiger partial charge >= 0.3 is 0 Å². The van der Waals surface area contributed by atoms with E-state index < -0.39 is 20.9 Å². The van der Waals surface area contributed by atoms with Gasteiger partial charge in [-0.3, -0.25) is 9.13 Å². The molecule has 0 bridgehead atoms. The van der Waals surface area contributed by atoms with Crippen LogP contribution >= 0.6 is 15.0 Å². The Bertz CT molecular complexity index is 195. The molecule has 0 radical (unpaired) electrons. The number of hydrogen-bond donors (Lipinski definition) is 4. The molecule has 0 aromatic carbocycles. The fourth-order valence-corrected chi connectivity index (χ4v) is 3.61. The summed E-state index contributed by atoms with van der Waals surface area (Å²) in [4.78, 5) is 17.7. The minimum atomic E-state index is -3.64. The van der Waals surface area contributed by atoms with Crippen LogP contribution in [0.1, 0.15) is 0 Å². The highest BCUT2D eigenvalue weighted by Gasteiger charge is 2.28. The summed E-state index contributed by atoms with van der Waals surface area (Å²) in [6.45, 7) is 0. The van der Waals surface area contributed by atoms with E-state index in [-0.39, 0.29) is 0 Å². The molecule has 0 saturated heterocycles. The van der Waals surface area contributed by atoms with Gasteiger partial charge in [-0.05, 0) is 14.1 Å². The second-order valence-electron chi connectivity index (χ2n) is 1.99. The van der Waals surface area contributed by atoms with E-state index in [0.29, 0.717) is 0 Å². The molecule has 0 spiro atoms. The van der Waals surface area contributed by atoms with Crippen molar-refractivity contribution >= 4 is 15.0 Å². The maximum atomic E-state index is 10.8. The van der Waals surface area contributed by atoms with E-state index in [9.17, 15) is 9.13 Å². The molecule has 2 unspecified atom stereocenters. The Morgan fingerprint density at radius 3 is 1.55 bits per heavy atom. The average molecular weight is 202 g/mol. The van der Waals surface area contributed by atoms with Crippen molar-refractivity contribution in [1.82, 2.24) is 10.2 Å². The fraction of sp³-hybridized carbons (Fsp3) is 1.00. The molecular weight excluding hydrogens is 190 g/mol. The highest BCUT2D eigenvalue weighted by atomic mass is 31.2. The summed E-state index contributed by atoms with van der Waals surface area (Å²) in [5.74, 6) is -0.660. The lowest BCUT2D eigenvalue weighted by Gasteiger charge is -2.13. The SMILES string of the molecule is CNP(=O)(O)CP(=O)(O)NC. The van der Waals surface area contributed by atoms with Crippen molar-refractivity contribution < 1.29 is 18.9 Å².